The van der Waals surface area contributed by atoms with Crippen LogP contribution in [-0.4, -0.2) is 6.54 Å². The second-order valence-corrected chi connectivity index (χ2v) is 5.74. The standard InChI is InChI=1S/C16H17NOS/c1-3-17-16(13-9-8-11(2)18-13)15-10-12-6-4-5-7-14(12)19-15/h4-10,16-17H,3H2,1-2H3. The minimum Gasteiger partial charge on any atom is -0.464 e. The van der Waals surface area contributed by atoms with Gasteiger partial charge in [0.25, 0.3) is 0 Å². The van der Waals surface area contributed by atoms with E-state index in [2.05, 4.69) is 48.6 Å². The number of fused-ring (bicyclic) bond motifs is 1. The summed E-state index contributed by atoms with van der Waals surface area (Å²) in [6, 6.07) is 15.0. The molecule has 0 amide bonds. The van der Waals surface area contributed by atoms with Crippen LogP contribution in [0.15, 0.2) is 46.9 Å². The molecule has 0 spiro atoms. The van der Waals surface area contributed by atoms with E-state index in [-0.39, 0.29) is 6.04 Å². The molecule has 1 N–H and O–H groups in total. The topological polar surface area (TPSA) is 25.2 Å². The van der Waals surface area contributed by atoms with E-state index in [4.69, 9.17) is 4.42 Å². The molecule has 1 unspecified atom stereocenters. The molecule has 3 rings (SSSR count). The molecule has 3 heteroatoms. The minimum atomic E-state index is 0.149. The third-order valence-corrected chi connectivity index (χ3v) is 4.36. The van der Waals surface area contributed by atoms with Gasteiger partial charge in [0.1, 0.15) is 17.6 Å². The quantitative estimate of drug-likeness (QED) is 0.755. The van der Waals surface area contributed by atoms with Crippen molar-refractivity contribution < 1.29 is 4.42 Å². The molecule has 98 valence electrons. The van der Waals surface area contributed by atoms with Gasteiger partial charge in [-0.2, -0.15) is 0 Å². The Morgan fingerprint density at radius 1 is 1.21 bits per heavy atom. The Hall–Kier alpha value is -1.58. The lowest BCUT2D eigenvalue weighted by molar-refractivity contribution is 0.437. The minimum absolute atomic E-state index is 0.149. The van der Waals surface area contributed by atoms with Gasteiger partial charge in [-0.25, -0.2) is 0 Å². The van der Waals surface area contributed by atoms with Crippen molar-refractivity contribution in [2.75, 3.05) is 6.54 Å². The van der Waals surface area contributed by atoms with Crippen LogP contribution in [0.5, 0.6) is 0 Å². The summed E-state index contributed by atoms with van der Waals surface area (Å²) >= 11 is 1.83. The number of hydrogen-bond donors (Lipinski definition) is 1. The van der Waals surface area contributed by atoms with Crippen molar-refractivity contribution in [1.82, 2.24) is 5.32 Å². The maximum atomic E-state index is 5.79. The predicted molar refractivity (Wildman–Crippen MR) is 80.8 cm³/mol. The average molecular weight is 271 g/mol. The first-order chi connectivity index (χ1) is 9.28. The van der Waals surface area contributed by atoms with Gasteiger partial charge >= 0.3 is 0 Å². The molecular formula is C16H17NOS. The van der Waals surface area contributed by atoms with Crippen LogP contribution in [0, 0.1) is 6.92 Å². The summed E-state index contributed by atoms with van der Waals surface area (Å²) in [4.78, 5) is 1.30. The monoisotopic (exact) mass is 271 g/mol. The van der Waals surface area contributed by atoms with E-state index in [9.17, 15) is 0 Å². The van der Waals surface area contributed by atoms with Gasteiger partial charge in [-0.05, 0) is 43.1 Å². The van der Waals surface area contributed by atoms with Crippen molar-refractivity contribution in [2.24, 2.45) is 0 Å². The van der Waals surface area contributed by atoms with Crippen molar-refractivity contribution in [3.05, 3.63) is 58.9 Å². The summed E-state index contributed by atoms with van der Waals surface area (Å²) in [5.41, 5.74) is 0. The van der Waals surface area contributed by atoms with Crippen molar-refractivity contribution in [3.8, 4) is 0 Å². The summed E-state index contributed by atoms with van der Waals surface area (Å²) in [7, 11) is 0. The maximum Gasteiger partial charge on any atom is 0.126 e. The van der Waals surface area contributed by atoms with Crippen LogP contribution in [0.1, 0.15) is 29.4 Å². The highest BCUT2D eigenvalue weighted by atomic mass is 32.1. The molecule has 0 saturated carbocycles. The second kappa shape index (κ2) is 5.19. The highest BCUT2D eigenvalue weighted by Gasteiger charge is 2.18. The van der Waals surface area contributed by atoms with E-state index in [1.54, 1.807) is 0 Å². The lowest BCUT2D eigenvalue weighted by Gasteiger charge is -2.13. The largest absolute Gasteiger partial charge is 0.464 e. The molecular weight excluding hydrogens is 254 g/mol. The molecule has 0 aliphatic carbocycles. The van der Waals surface area contributed by atoms with Gasteiger partial charge in [0.05, 0.1) is 0 Å². The summed E-state index contributed by atoms with van der Waals surface area (Å²) in [5, 5.41) is 4.81. The molecule has 2 heterocycles. The fraction of sp³-hybridized carbons (Fsp3) is 0.250. The summed E-state index contributed by atoms with van der Waals surface area (Å²) in [5.74, 6) is 1.95. The van der Waals surface area contributed by atoms with Crippen LogP contribution in [0.3, 0.4) is 0 Å². The maximum absolute atomic E-state index is 5.79. The fourth-order valence-electron chi connectivity index (χ4n) is 2.30. The van der Waals surface area contributed by atoms with E-state index in [0.29, 0.717) is 0 Å². The third kappa shape index (κ3) is 2.44. The molecule has 19 heavy (non-hydrogen) atoms. The van der Waals surface area contributed by atoms with Gasteiger partial charge in [0.15, 0.2) is 0 Å². The molecule has 0 bridgehead atoms. The number of aryl methyl sites for hydroxylation is 1. The van der Waals surface area contributed by atoms with Crippen LogP contribution < -0.4 is 5.32 Å². The molecule has 0 saturated heterocycles. The SMILES string of the molecule is CCNC(c1ccc(C)o1)c1cc2ccccc2s1. The Morgan fingerprint density at radius 3 is 2.74 bits per heavy atom. The molecule has 1 aromatic carbocycles. The van der Waals surface area contributed by atoms with E-state index in [0.717, 1.165) is 18.1 Å². The lowest BCUT2D eigenvalue weighted by Crippen LogP contribution is -2.20. The van der Waals surface area contributed by atoms with E-state index >= 15 is 0 Å². The summed E-state index contributed by atoms with van der Waals surface area (Å²) < 4.78 is 7.12. The van der Waals surface area contributed by atoms with Gasteiger partial charge in [-0.3, -0.25) is 0 Å². The number of rotatable bonds is 4. The number of hydrogen-bond acceptors (Lipinski definition) is 3. The molecule has 0 fully saturated rings. The molecule has 0 radical (unpaired) electrons. The van der Waals surface area contributed by atoms with Gasteiger partial charge < -0.3 is 9.73 Å². The number of thiophene rings is 1. The highest BCUT2D eigenvalue weighted by Crippen LogP contribution is 2.33. The van der Waals surface area contributed by atoms with Crippen LogP contribution in [0.25, 0.3) is 10.1 Å². The Labute approximate surface area is 117 Å². The zero-order valence-corrected chi connectivity index (χ0v) is 12.0. The number of nitrogens with one attached hydrogen (secondary N) is 1. The van der Waals surface area contributed by atoms with Gasteiger partial charge in [-0.15, -0.1) is 11.3 Å². The van der Waals surface area contributed by atoms with Gasteiger partial charge in [0.2, 0.25) is 0 Å². The Kier molecular flexibility index (Phi) is 3.40. The van der Waals surface area contributed by atoms with Gasteiger partial charge in [-0.1, -0.05) is 25.1 Å². The zero-order chi connectivity index (χ0) is 13.2. The first-order valence-electron chi connectivity index (χ1n) is 6.56. The molecule has 3 aromatic rings. The Bertz CT molecular complexity index is 650. The lowest BCUT2D eigenvalue weighted by atomic mass is 10.1. The fourth-order valence-corrected chi connectivity index (χ4v) is 3.45. The van der Waals surface area contributed by atoms with Crippen LogP contribution in [0.2, 0.25) is 0 Å². The summed E-state index contributed by atoms with van der Waals surface area (Å²) in [6.07, 6.45) is 0. The zero-order valence-electron chi connectivity index (χ0n) is 11.1. The second-order valence-electron chi connectivity index (χ2n) is 4.63. The number of benzene rings is 1. The number of furan rings is 1. The van der Waals surface area contributed by atoms with Crippen molar-refractivity contribution in [1.29, 1.82) is 0 Å². The predicted octanol–water partition coefficient (Wildman–Crippen LogP) is 4.50. The normalized spacial score (nSPS) is 12.9. The van der Waals surface area contributed by atoms with Crippen molar-refractivity contribution in [3.63, 3.8) is 0 Å². The summed E-state index contributed by atoms with van der Waals surface area (Å²) in [6.45, 7) is 5.02. The molecule has 2 aromatic heterocycles. The molecule has 2 nitrogen and oxygen atoms in total. The first-order valence-corrected chi connectivity index (χ1v) is 7.38. The van der Waals surface area contributed by atoms with E-state index < -0.39 is 0 Å². The van der Waals surface area contributed by atoms with Gasteiger partial charge in [0, 0.05) is 9.58 Å². The first kappa shape index (κ1) is 12.5. The molecule has 0 aliphatic rings. The van der Waals surface area contributed by atoms with Crippen LogP contribution in [-0.2, 0) is 0 Å². The average Bonchev–Trinajstić information content (AvgIpc) is 3.01. The van der Waals surface area contributed by atoms with Crippen LogP contribution >= 0.6 is 11.3 Å². The molecule has 1 atom stereocenters. The Morgan fingerprint density at radius 2 is 2.05 bits per heavy atom. The van der Waals surface area contributed by atoms with E-state index in [1.165, 1.54) is 15.0 Å². The van der Waals surface area contributed by atoms with E-state index in [1.807, 2.05) is 24.3 Å². The van der Waals surface area contributed by atoms with Crippen molar-refractivity contribution >= 4 is 21.4 Å². The Balaban J connectivity index is 2.03. The third-order valence-electron chi connectivity index (χ3n) is 3.18. The van der Waals surface area contributed by atoms with Crippen molar-refractivity contribution in [2.45, 2.75) is 19.9 Å². The molecule has 0 aliphatic heterocycles. The smallest absolute Gasteiger partial charge is 0.126 e. The van der Waals surface area contributed by atoms with Crippen LogP contribution in [0.4, 0.5) is 0 Å². The highest BCUT2D eigenvalue weighted by molar-refractivity contribution is 7.19.